The van der Waals surface area contributed by atoms with Gasteiger partial charge in [0, 0.05) is 23.7 Å². The molecule has 6 heteroatoms. The Balaban J connectivity index is 1.84. The van der Waals surface area contributed by atoms with Gasteiger partial charge in [0.15, 0.2) is 0 Å². The fraction of sp³-hybridized carbons (Fsp3) is 0.105. The molecular weight excluding hydrogens is 318 g/mol. The van der Waals surface area contributed by atoms with Gasteiger partial charge in [-0.25, -0.2) is 9.78 Å². The van der Waals surface area contributed by atoms with Crippen LogP contribution in [0.5, 0.6) is 5.75 Å². The van der Waals surface area contributed by atoms with Crippen LogP contribution in [0.25, 0.3) is 0 Å². The fourth-order valence-corrected chi connectivity index (χ4v) is 2.41. The summed E-state index contributed by atoms with van der Waals surface area (Å²) in [5, 5.41) is 2.75. The zero-order chi connectivity index (χ0) is 17.6. The first kappa shape index (κ1) is 16.4. The molecule has 3 aromatic rings. The number of carbonyl (C=O) groups excluding carboxylic acids is 1. The molecule has 3 rings (SSSR count). The van der Waals surface area contributed by atoms with Crippen LogP contribution >= 0.6 is 0 Å². The van der Waals surface area contributed by atoms with Gasteiger partial charge >= 0.3 is 5.69 Å². The average Bonchev–Trinajstić information content (AvgIpc) is 2.65. The van der Waals surface area contributed by atoms with E-state index < -0.39 is 5.69 Å². The van der Waals surface area contributed by atoms with Gasteiger partial charge in [0.2, 0.25) is 0 Å². The highest BCUT2D eigenvalue weighted by atomic mass is 16.5. The second-order valence-corrected chi connectivity index (χ2v) is 5.43. The zero-order valence-corrected chi connectivity index (χ0v) is 13.7. The summed E-state index contributed by atoms with van der Waals surface area (Å²) in [6.07, 6.45) is 2.03. The molecule has 0 aliphatic heterocycles. The second kappa shape index (κ2) is 7.44. The van der Waals surface area contributed by atoms with Gasteiger partial charge in [-0.1, -0.05) is 30.3 Å². The minimum absolute atomic E-state index is 0.321. The van der Waals surface area contributed by atoms with E-state index in [1.165, 1.54) is 6.20 Å². The summed E-state index contributed by atoms with van der Waals surface area (Å²) in [7, 11) is 1.56. The molecule has 0 bridgehead atoms. The minimum Gasteiger partial charge on any atom is -0.497 e. The lowest BCUT2D eigenvalue weighted by Gasteiger charge is -2.10. The summed E-state index contributed by atoms with van der Waals surface area (Å²) >= 11 is 0. The van der Waals surface area contributed by atoms with Gasteiger partial charge in [0.05, 0.1) is 7.11 Å². The molecule has 1 heterocycles. The fourth-order valence-electron chi connectivity index (χ4n) is 2.41. The number of hydrogen-bond donors (Lipinski definition) is 2. The molecule has 6 nitrogen and oxygen atoms in total. The molecule has 0 atom stereocenters. The van der Waals surface area contributed by atoms with Gasteiger partial charge in [0.25, 0.3) is 5.91 Å². The summed E-state index contributed by atoms with van der Waals surface area (Å²) in [6.45, 7) is 0. The Hall–Kier alpha value is -3.41. The number of rotatable bonds is 5. The van der Waals surface area contributed by atoms with Crippen molar-refractivity contribution in [2.75, 3.05) is 12.4 Å². The van der Waals surface area contributed by atoms with Crippen molar-refractivity contribution in [1.82, 2.24) is 9.97 Å². The van der Waals surface area contributed by atoms with Crippen LogP contribution in [0.3, 0.4) is 0 Å². The summed E-state index contributed by atoms with van der Waals surface area (Å²) in [6, 6.07) is 16.5. The van der Waals surface area contributed by atoms with E-state index in [2.05, 4.69) is 15.3 Å². The molecule has 1 amide bonds. The lowest BCUT2D eigenvalue weighted by molar-refractivity contribution is 0.102. The van der Waals surface area contributed by atoms with E-state index in [4.69, 9.17) is 4.74 Å². The maximum atomic E-state index is 12.4. The van der Waals surface area contributed by atoms with Crippen LogP contribution in [0.2, 0.25) is 0 Å². The first-order valence-electron chi connectivity index (χ1n) is 7.73. The van der Waals surface area contributed by atoms with Crippen molar-refractivity contribution in [2.24, 2.45) is 0 Å². The van der Waals surface area contributed by atoms with Crippen LogP contribution < -0.4 is 15.7 Å². The Bertz CT molecular complexity index is 919. The van der Waals surface area contributed by atoms with E-state index in [-0.39, 0.29) is 5.91 Å². The van der Waals surface area contributed by atoms with Crippen LogP contribution in [0.15, 0.2) is 65.6 Å². The quantitative estimate of drug-likeness (QED) is 0.751. The van der Waals surface area contributed by atoms with Crippen LogP contribution in [0.4, 0.5) is 5.82 Å². The van der Waals surface area contributed by atoms with Crippen molar-refractivity contribution >= 4 is 11.7 Å². The highest BCUT2D eigenvalue weighted by molar-refractivity contribution is 6.04. The lowest BCUT2D eigenvalue weighted by atomic mass is 10.1. The van der Waals surface area contributed by atoms with Gasteiger partial charge in [-0.15, -0.1) is 0 Å². The Kier molecular flexibility index (Phi) is 4.89. The lowest BCUT2D eigenvalue weighted by Crippen LogP contribution is -2.20. The largest absolute Gasteiger partial charge is 0.497 e. The number of hydrogen-bond acceptors (Lipinski definition) is 4. The molecule has 2 N–H and O–H groups in total. The highest BCUT2D eigenvalue weighted by Gasteiger charge is 2.11. The molecule has 0 spiro atoms. The Morgan fingerprint density at radius 3 is 2.52 bits per heavy atom. The molecule has 2 aromatic carbocycles. The van der Waals surface area contributed by atoms with Gasteiger partial charge in [0.1, 0.15) is 11.6 Å². The van der Waals surface area contributed by atoms with Crippen molar-refractivity contribution in [1.29, 1.82) is 0 Å². The normalized spacial score (nSPS) is 10.3. The van der Waals surface area contributed by atoms with Crippen molar-refractivity contribution in [3.05, 3.63) is 88.0 Å². The predicted octanol–water partition coefficient (Wildman–Crippen LogP) is 2.62. The summed E-state index contributed by atoms with van der Waals surface area (Å²) in [5.41, 5.74) is 1.73. The van der Waals surface area contributed by atoms with Crippen molar-refractivity contribution in [3.63, 3.8) is 0 Å². The molecule has 1 aromatic heterocycles. The van der Waals surface area contributed by atoms with Gasteiger partial charge in [-0.3, -0.25) is 9.78 Å². The van der Waals surface area contributed by atoms with E-state index in [1.54, 1.807) is 31.4 Å². The number of aromatic nitrogens is 2. The Morgan fingerprint density at radius 1 is 1.12 bits per heavy atom. The van der Waals surface area contributed by atoms with E-state index in [9.17, 15) is 9.59 Å². The number of nitrogens with one attached hydrogen (secondary N) is 2. The van der Waals surface area contributed by atoms with Crippen LogP contribution in [0.1, 0.15) is 21.5 Å². The minimum atomic E-state index is -0.512. The Morgan fingerprint density at radius 2 is 1.84 bits per heavy atom. The van der Waals surface area contributed by atoms with Crippen molar-refractivity contribution < 1.29 is 9.53 Å². The maximum Gasteiger partial charge on any atom is 0.346 e. The summed E-state index contributed by atoms with van der Waals surface area (Å²) in [5.74, 6) is 0.696. The van der Waals surface area contributed by atoms with Crippen molar-refractivity contribution in [3.8, 4) is 5.75 Å². The molecule has 0 saturated heterocycles. The SMILES string of the molecule is COc1ccc(C(=O)Nc2[nH]c(=O)ncc2Cc2ccccc2)cc1. The number of nitrogens with zero attached hydrogens (tertiary/aromatic N) is 1. The van der Waals surface area contributed by atoms with Crippen molar-refractivity contribution in [2.45, 2.75) is 6.42 Å². The van der Waals surface area contributed by atoms with Crippen LogP contribution in [0, 0.1) is 0 Å². The average molecular weight is 335 g/mol. The molecular formula is C19H17N3O3. The van der Waals surface area contributed by atoms with Gasteiger partial charge in [-0.2, -0.15) is 0 Å². The number of ether oxygens (including phenoxy) is 1. The molecule has 0 saturated carbocycles. The van der Waals surface area contributed by atoms with E-state index in [0.29, 0.717) is 23.6 Å². The number of amides is 1. The van der Waals surface area contributed by atoms with Crippen LogP contribution in [-0.4, -0.2) is 23.0 Å². The molecule has 25 heavy (non-hydrogen) atoms. The maximum absolute atomic E-state index is 12.4. The number of aromatic amines is 1. The van der Waals surface area contributed by atoms with Gasteiger partial charge < -0.3 is 10.1 Å². The smallest absolute Gasteiger partial charge is 0.346 e. The molecule has 126 valence electrons. The number of benzene rings is 2. The first-order chi connectivity index (χ1) is 12.2. The summed E-state index contributed by atoms with van der Waals surface area (Å²) < 4.78 is 5.08. The third-order valence-electron chi connectivity index (χ3n) is 3.72. The molecule has 0 aliphatic carbocycles. The summed E-state index contributed by atoms with van der Waals surface area (Å²) in [4.78, 5) is 30.4. The number of carbonyl (C=O) groups is 1. The van der Waals surface area contributed by atoms with E-state index in [1.807, 2.05) is 30.3 Å². The standard InChI is InChI=1S/C19H17N3O3/c1-25-16-9-7-14(8-10-16)18(23)21-17-15(12-20-19(24)22-17)11-13-5-3-2-4-6-13/h2-10,12H,11H2,1H3,(H2,20,21,22,23,24). The molecule has 0 radical (unpaired) electrons. The third kappa shape index (κ3) is 4.11. The zero-order valence-electron chi connectivity index (χ0n) is 13.7. The molecule has 0 unspecified atom stereocenters. The monoisotopic (exact) mass is 335 g/mol. The second-order valence-electron chi connectivity index (χ2n) is 5.43. The predicted molar refractivity (Wildman–Crippen MR) is 95.1 cm³/mol. The van der Waals surface area contributed by atoms with E-state index >= 15 is 0 Å². The number of methoxy groups -OCH3 is 1. The van der Waals surface area contributed by atoms with Gasteiger partial charge in [-0.05, 0) is 29.8 Å². The molecule has 0 aliphatic rings. The Labute approximate surface area is 144 Å². The first-order valence-corrected chi connectivity index (χ1v) is 7.73. The number of anilines is 1. The third-order valence-corrected chi connectivity index (χ3v) is 3.72. The topological polar surface area (TPSA) is 84.1 Å². The highest BCUT2D eigenvalue weighted by Crippen LogP contribution is 2.17. The van der Waals surface area contributed by atoms with E-state index in [0.717, 1.165) is 11.1 Å². The number of H-pyrrole nitrogens is 1. The van der Waals surface area contributed by atoms with Crippen LogP contribution in [-0.2, 0) is 6.42 Å². The molecule has 0 fully saturated rings.